The van der Waals surface area contributed by atoms with Gasteiger partial charge in [-0.3, -0.25) is 4.79 Å². The summed E-state index contributed by atoms with van der Waals surface area (Å²) in [7, 11) is 0. The Kier molecular flexibility index (Phi) is 8.23. The van der Waals surface area contributed by atoms with Crippen LogP contribution in [-0.2, 0) is 16.1 Å². The van der Waals surface area contributed by atoms with E-state index in [1.54, 1.807) is 0 Å². The summed E-state index contributed by atoms with van der Waals surface area (Å²) in [5.41, 5.74) is 1.76. The number of nitrogens with zero attached hydrogens (tertiary/aromatic N) is 1. The van der Waals surface area contributed by atoms with E-state index in [1.807, 2.05) is 48.7 Å². The highest BCUT2D eigenvalue weighted by Crippen LogP contribution is 2.23. The quantitative estimate of drug-likeness (QED) is 0.611. The Morgan fingerprint density at radius 1 is 1.29 bits per heavy atom. The highest BCUT2D eigenvalue weighted by atomic mass is 79.9. The Balaban J connectivity index is 2.00. The molecule has 1 aromatic heterocycles. The maximum absolute atomic E-state index is 12.7. The summed E-state index contributed by atoms with van der Waals surface area (Å²) >= 11 is 4.61. The molecule has 1 unspecified atom stereocenters. The molecule has 6 nitrogen and oxygen atoms in total. The lowest BCUT2D eigenvalue weighted by molar-refractivity contribution is -0.123. The SMILES string of the molecule is C=C(Br)C[C@H](NC(=O)OCc1ccccc1)C(=O)NC(C#N)c1sccc1C. The normalized spacial score (nSPS) is 12.3. The van der Waals surface area contributed by atoms with Crippen molar-refractivity contribution in [2.24, 2.45) is 0 Å². The molecule has 0 saturated carbocycles. The number of halogens is 1. The van der Waals surface area contributed by atoms with Gasteiger partial charge in [0, 0.05) is 11.3 Å². The van der Waals surface area contributed by atoms with E-state index in [2.05, 4.69) is 39.2 Å². The number of thiophene rings is 1. The second-order valence-electron chi connectivity index (χ2n) is 6.02. The van der Waals surface area contributed by atoms with E-state index in [1.165, 1.54) is 11.3 Å². The van der Waals surface area contributed by atoms with Gasteiger partial charge in [0.05, 0.1) is 6.07 Å². The maximum atomic E-state index is 12.7. The number of amides is 2. The van der Waals surface area contributed by atoms with Crippen LogP contribution in [0.5, 0.6) is 0 Å². The smallest absolute Gasteiger partial charge is 0.408 e. The van der Waals surface area contributed by atoms with Gasteiger partial charge in [0.15, 0.2) is 6.04 Å². The van der Waals surface area contributed by atoms with Crippen molar-refractivity contribution in [1.29, 1.82) is 5.26 Å². The second-order valence-corrected chi connectivity index (χ2v) is 8.09. The summed E-state index contributed by atoms with van der Waals surface area (Å²) in [6.45, 7) is 5.69. The van der Waals surface area contributed by atoms with Gasteiger partial charge in [0.2, 0.25) is 5.91 Å². The minimum atomic E-state index is -0.925. The van der Waals surface area contributed by atoms with Crippen LogP contribution < -0.4 is 10.6 Å². The number of benzene rings is 1. The molecule has 1 heterocycles. The Morgan fingerprint density at radius 3 is 2.57 bits per heavy atom. The molecule has 0 spiro atoms. The Hall–Kier alpha value is -2.63. The number of rotatable bonds is 8. The van der Waals surface area contributed by atoms with Crippen molar-refractivity contribution in [2.75, 3.05) is 0 Å². The van der Waals surface area contributed by atoms with Crippen LogP contribution in [0.3, 0.4) is 0 Å². The minimum Gasteiger partial charge on any atom is -0.445 e. The molecule has 2 aromatic rings. The van der Waals surface area contributed by atoms with Crippen LogP contribution in [0.4, 0.5) is 4.79 Å². The first-order valence-corrected chi connectivity index (χ1v) is 10.1. The van der Waals surface area contributed by atoms with Crippen LogP contribution in [-0.4, -0.2) is 18.0 Å². The van der Waals surface area contributed by atoms with Gasteiger partial charge >= 0.3 is 6.09 Å². The van der Waals surface area contributed by atoms with Gasteiger partial charge in [-0.1, -0.05) is 52.8 Å². The van der Waals surface area contributed by atoms with E-state index in [4.69, 9.17) is 4.74 Å². The summed E-state index contributed by atoms with van der Waals surface area (Å²) in [4.78, 5) is 25.6. The average Bonchev–Trinajstić information content (AvgIpc) is 3.10. The molecule has 0 fully saturated rings. The zero-order chi connectivity index (χ0) is 20.5. The fraction of sp³-hybridized carbons (Fsp3) is 0.250. The number of alkyl carbamates (subject to hydrolysis) is 1. The molecule has 8 heteroatoms. The van der Waals surface area contributed by atoms with Crippen molar-refractivity contribution in [2.45, 2.75) is 32.0 Å². The van der Waals surface area contributed by atoms with Crippen LogP contribution in [0, 0.1) is 18.3 Å². The second kappa shape index (κ2) is 10.6. The molecular formula is C20H20BrN3O3S. The van der Waals surface area contributed by atoms with E-state index in [0.717, 1.165) is 16.0 Å². The van der Waals surface area contributed by atoms with Gasteiger partial charge in [-0.15, -0.1) is 11.3 Å². The highest BCUT2D eigenvalue weighted by molar-refractivity contribution is 9.11. The summed E-state index contributed by atoms with van der Waals surface area (Å²) in [6.07, 6.45) is -0.563. The number of nitriles is 1. The van der Waals surface area contributed by atoms with Gasteiger partial charge in [-0.25, -0.2) is 4.79 Å². The topological polar surface area (TPSA) is 91.2 Å². The first kappa shape index (κ1) is 21.7. The summed E-state index contributed by atoms with van der Waals surface area (Å²) in [5, 5.41) is 16.5. The van der Waals surface area contributed by atoms with Gasteiger partial charge in [0.1, 0.15) is 12.6 Å². The Morgan fingerprint density at radius 2 is 2.00 bits per heavy atom. The third-order valence-electron chi connectivity index (χ3n) is 3.83. The molecular weight excluding hydrogens is 442 g/mol. The number of nitrogens with one attached hydrogen (secondary N) is 2. The number of hydrogen-bond donors (Lipinski definition) is 2. The third kappa shape index (κ3) is 6.51. The Bertz CT molecular complexity index is 876. The van der Waals surface area contributed by atoms with E-state index in [-0.39, 0.29) is 13.0 Å². The molecule has 0 radical (unpaired) electrons. The molecule has 146 valence electrons. The molecule has 0 aliphatic carbocycles. The lowest BCUT2D eigenvalue weighted by atomic mass is 10.1. The monoisotopic (exact) mass is 461 g/mol. The average molecular weight is 462 g/mol. The molecule has 1 aromatic carbocycles. The van der Waals surface area contributed by atoms with E-state index < -0.39 is 24.1 Å². The van der Waals surface area contributed by atoms with E-state index in [9.17, 15) is 14.9 Å². The predicted octanol–water partition coefficient (Wildman–Crippen LogP) is 4.33. The number of carbonyl (C=O) groups excluding carboxylic acids is 2. The largest absolute Gasteiger partial charge is 0.445 e. The lowest BCUT2D eigenvalue weighted by Gasteiger charge is -2.20. The van der Waals surface area contributed by atoms with Gasteiger partial charge in [-0.05, 0) is 34.0 Å². The number of aryl methyl sites for hydroxylation is 1. The van der Waals surface area contributed by atoms with Gasteiger partial charge in [-0.2, -0.15) is 5.26 Å². The standard InChI is InChI=1S/C20H20BrN3O3S/c1-13-8-9-28-18(13)17(11-22)23-19(25)16(10-14(2)21)24-20(26)27-12-15-6-4-3-5-7-15/h3-9,16-17H,2,10,12H2,1H3,(H,23,25)(H,24,26)/t16-,17?/m0/s1. The molecule has 2 rings (SSSR count). The minimum absolute atomic E-state index is 0.0888. The van der Waals surface area contributed by atoms with E-state index >= 15 is 0 Å². The van der Waals surface area contributed by atoms with Crippen molar-refractivity contribution < 1.29 is 14.3 Å². The maximum Gasteiger partial charge on any atom is 0.408 e. The van der Waals surface area contributed by atoms with Crippen molar-refractivity contribution in [3.63, 3.8) is 0 Å². The number of carbonyl (C=O) groups is 2. The molecule has 2 atom stereocenters. The zero-order valence-corrected chi connectivity index (χ0v) is 17.7. The molecule has 0 aliphatic heterocycles. The highest BCUT2D eigenvalue weighted by Gasteiger charge is 2.26. The van der Waals surface area contributed by atoms with E-state index in [0.29, 0.717) is 4.48 Å². The van der Waals surface area contributed by atoms with Crippen LogP contribution in [0.25, 0.3) is 0 Å². The zero-order valence-electron chi connectivity index (χ0n) is 15.3. The molecule has 0 bridgehead atoms. The third-order valence-corrected chi connectivity index (χ3v) is 5.23. The van der Waals surface area contributed by atoms with Crippen molar-refractivity contribution in [3.05, 3.63) is 68.8 Å². The van der Waals surface area contributed by atoms with Crippen LogP contribution in [0.1, 0.15) is 28.5 Å². The van der Waals surface area contributed by atoms with Crippen molar-refractivity contribution >= 4 is 39.3 Å². The molecule has 0 saturated heterocycles. The van der Waals surface area contributed by atoms with Crippen molar-refractivity contribution in [1.82, 2.24) is 10.6 Å². The van der Waals surface area contributed by atoms with Crippen molar-refractivity contribution in [3.8, 4) is 6.07 Å². The summed E-state index contributed by atoms with van der Waals surface area (Å²) in [6, 6.07) is 11.5. The first-order valence-electron chi connectivity index (χ1n) is 8.45. The number of ether oxygens (including phenoxy) is 1. The fourth-order valence-corrected chi connectivity index (χ4v) is 3.66. The fourth-order valence-electron chi connectivity index (χ4n) is 2.42. The lowest BCUT2D eigenvalue weighted by Crippen LogP contribution is -2.47. The predicted molar refractivity (Wildman–Crippen MR) is 112 cm³/mol. The first-order chi connectivity index (χ1) is 13.4. The number of hydrogen-bond acceptors (Lipinski definition) is 5. The van der Waals surface area contributed by atoms with Crippen LogP contribution in [0.2, 0.25) is 0 Å². The van der Waals surface area contributed by atoms with Crippen LogP contribution >= 0.6 is 27.3 Å². The molecule has 28 heavy (non-hydrogen) atoms. The van der Waals surface area contributed by atoms with Gasteiger partial charge in [0.25, 0.3) is 0 Å². The Labute approximate surface area is 176 Å². The molecule has 0 aliphatic rings. The summed E-state index contributed by atoms with van der Waals surface area (Å²) < 4.78 is 5.71. The molecule has 2 N–H and O–H groups in total. The molecule has 2 amide bonds. The van der Waals surface area contributed by atoms with Crippen LogP contribution in [0.15, 0.2) is 52.8 Å². The van der Waals surface area contributed by atoms with Gasteiger partial charge < -0.3 is 15.4 Å². The summed E-state index contributed by atoms with van der Waals surface area (Å²) in [5.74, 6) is -0.489.